The van der Waals surface area contributed by atoms with Gasteiger partial charge in [0.15, 0.2) is 0 Å². The third-order valence-corrected chi connectivity index (χ3v) is 1.78. The zero-order valence-corrected chi connectivity index (χ0v) is 5.67. The van der Waals surface area contributed by atoms with Crippen LogP contribution in [-0.4, -0.2) is 29.8 Å². The van der Waals surface area contributed by atoms with Crippen LogP contribution in [0.25, 0.3) is 0 Å². The lowest BCUT2D eigenvalue weighted by molar-refractivity contribution is -0.145. The molecular weight excluding hydrogens is 134 g/mol. The van der Waals surface area contributed by atoms with Crippen molar-refractivity contribution < 1.29 is 14.6 Å². The Balaban J connectivity index is 2.56. The van der Waals surface area contributed by atoms with Gasteiger partial charge in [-0.3, -0.25) is 4.79 Å². The van der Waals surface area contributed by atoms with Crippen LogP contribution < -0.4 is 5.73 Å². The monoisotopic (exact) mass is 145 g/mol. The van der Waals surface area contributed by atoms with E-state index in [4.69, 9.17) is 10.5 Å². The molecule has 0 aromatic heterocycles. The lowest BCUT2D eigenvalue weighted by atomic mass is 9.94. The topological polar surface area (TPSA) is 72.6 Å². The average molecular weight is 145 g/mol. The molecule has 1 aliphatic heterocycles. The van der Waals surface area contributed by atoms with Gasteiger partial charge in [-0.2, -0.15) is 0 Å². The summed E-state index contributed by atoms with van der Waals surface area (Å²) in [5.41, 5.74) is 3.65. The highest BCUT2D eigenvalue weighted by molar-refractivity contribution is 5.83. The number of carbonyl (C=O) groups excluding carboxylic acids is 1. The van der Waals surface area contributed by atoms with Gasteiger partial charge in [0.2, 0.25) is 5.91 Å². The molecule has 1 rings (SSSR count). The van der Waals surface area contributed by atoms with E-state index in [-0.39, 0.29) is 0 Å². The Morgan fingerprint density at radius 2 is 2.00 bits per heavy atom. The van der Waals surface area contributed by atoms with E-state index < -0.39 is 11.5 Å². The van der Waals surface area contributed by atoms with Crippen molar-refractivity contribution in [1.29, 1.82) is 0 Å². The van der Waals surface area contributed by atoms with Crippen molar-refractivity contribution in [2.45, 2.75) is 18.4 Å². The highest BCUT2D eigenvalue weighted by Gasteiger charge is 2.35. The lowest BCUT2D eigenvalue weighted by Gasteiger charge is -2.28. The second kappa shape index (κ2) is 2.56. The standard InChI is InChI=1S/C6H11NO3/c7-5(8)6(9)1-3-10-4-2-6/h9H,1-4H2,(H2,7,8). The molecule has 0 aromatic rings. The van der Waals surface area contributed by atoms with Crippen molar-refractivity contribution in [2.75, 3.05) is 13.2 Å². The molecule has 4 heteroatoms. The van der Waals surface area contributed by atoms with Crippen LogP contribution in [0.15, 0.2) is 0 Å². The second-order valence-corrected chi connectivity index (χ2v) is 2.51. The summed E-state index contributed by atoms with van der Waals surface area (Å²) in [6, 6.07) is 0. The van der Waals surface area contributed by atoms with Gasteiger partial charge in [0.25, 0.3) is 0 Å². The quantitative estimate of drug-likeness (QED) is 0.497. The van der Waals surface area contributed by atoms with Crippen molar-refractivity contribution in [1.82, 2.24) is 0 Å². The fourth-order valence-corrected chi connectivity index (χ4v) is 0.955. The Morgan fingerprint density at radius 3 is 2.30 bits per heavy atom. The summed E-state index contributed by atoms with van der Waals surface area (Å²) >= 11 is 0. The molecule has 0 aromatic carbocycles. The van der Waals surface area contributed by atoms with Gasteiger partial charge in [0.05, 0.1) is 0 Å². The van der Waals surface area contributed by atoms with E-state index in [1.807, 2.05) is 0 Å². The molecule has 0 bridgehead atoms. The molecule has 1 fully saturated rings. The van der Waals surface area contributed by atoms with Crippen LogP contribution in [0.4, 0.5) is 0 Å². The van der Waals surface area contributed by atoms with Crippen molar-refractivity contribution in [3.05, 3.63) is 0 Å². The van der Waals surface area contributed by atoms with Crippen LogP contribution in [-0.2, 0) is 9.53 Å². The normalized spacial score (nSPS) is 24.1. The summed E-state index contributed by atoms with van der Waals surface area (Å²) < 4.78 is 4.95. The minimum atomic E-state index is -1.31. The van der Waals surface area contributed by atoms with Crippen LogP contribution in [0.1, 0.15) is 12.8 Å². The SMILES string of the molecule is NC(=O)C1(O)CCOCC1. The Kier molecular flexibility index (Phi) is 1.92. The smallest absolute Gasteiger partial charge is 0.249 e. The molecule has 0 spiro atoms. The summed E-state index contributed by atoms with van der Waals surface area (Å²) in [7, 11) is 0. The predicted octanol–water partition coefficient (Wildman–Crippen LogP) is -0.987. The zero-order valence-electron chi connectivity index (χ0n) is 5.67. The number of aliphatic hydroxyl groups is 1. The van der Waals surface area contributed by atoms with Gasteiger partial charge >= 0.3 is 0 Å². The zero-order chi connectivity index (χ0) is 7.61. The van der Waals surface area contributed by atoms with Crippen LogP contribution in [0.5, 0.6) is 0 Å². The number of nitrogens with two attached hydrogens (primary N) is 1. The van der Waals surface area contributed by atoms with E-state index in [0.29, 0.717) is 26.1 Å². The van der Waals surface area contributed by atoms with E-state index in [0.717, 1.165) is 0 Å². The summed E-state index contributed by atoms with van der Waals surface area (Å²) in [6.45, 7) is 0.832. The number of primary amides is 1. The Labute approximate surface area is 59.0 Å². The van der Waals surface area contributed by atoms with Gasteiger partial charge in [-0.1, -0.05) is 0 Å². The first-order valence-corrected chi connectivity index (χ1v) is 3.25. The second-order valence-electron chi connectivity index (χ2n) is 2.51. The molecule has 3 N–H and O–H groups in total. The number of amides is 1. The van der Waals surface area contributed by atoms with Gasteiger partial charge in [-0.25, -0.2) is 0 Å². The molecule has 0 aliphatic carbocycles. The van der Waals surface area contributed by atoms with Gasteiger partial charge in [-0.15, -0.1) is 0 Å². The highest BCUT2D eigenvalue weighted by Crippen LogP contribution is 2.19. The first-order valence-electron chi connectivity index (χ1n) is 3.25. The van der Waals surface area contributed by atoms with Gasteiger partial charge in [-0.05, 0) is 0 Å². The van der Waals surface area contributed by atoms with Crippen molar-refractivity contribution in [2.24, 2.45) is 5.73 Å². The minimum absolute atomic E-state index is 0.322. The molecule has 0 unspecified atom stereocenters. The highest BCUT2D eigenvalue weighted by atomic mass is 16.5. The molecular formula is C6H11NO3. The number of ether oxygens (including phenoxy) is 1. The summed E-state index contributed by atoms with van der Waals surface area (Å²) in [5.74, 6) is -0.643. The average Bonchev–Trinajstić information content (AvgIpc) is 1.89. The van der Waals surface area contributed by atoms with Gasteiger partial charge < -0.3 is 15.6 Å². The van der Waals surface area contributed by atoms with Crippen molar-refractivity contribution in [3.63, 3.8) is 0 Å². The molecule has 0 radical (unpaired) electrons. The molecule has 58 valence electrons. The maximum atomic E-state index is 10.6. The van der Waals surface area contributed by atoms with E-state index in [1.165, 1.54) is 0 Å². The van der Waals surface area contributed by atoms with Crippen molar-refractivity contribution >= 4 is 5.91 Å². The van der Waals surface area contributed by atoms with Crippen LogP contribution in [0.3, 0.4) is 0 Å². The molecule has 1 aliphatic rings. The number of rotatable bonds is 1. The maximum absolute atomic E-state index is 10.6. The maximum Gasteiger partial charge on any atom is 0.249 e. The third-order valence-electron chi connectivity index (χ3n) is 1.78. The molecule has 1 heterocycles. The van der Waals surface area contributed by atoms with Gasteiger partial charge in [0.1, 0.15) is 5.60 Å². The fourth-order valence-electron chi connectivity index (χ4n) is 0.955. The molecule has 0 atom stereocenters. The summed E-state index contributed by atoms with van der Waals surface area (Å²) in [4.78, 5) is 10.6. The first kappa shape index (κ1) is 7.50. The van der Waals surface area contributed by atoms with Gasteiger partial charge in [0, 0.05) is 26.1 Å². The van der Waals surface area contributed by atoms with Crippen molar-refractivity contribution in [3.8, 4) is 0 Å². The van der Waals surface area contributed by atoms with E-state index >= 15 is 0 Å². The minimum Gasteiger partial charge on any atom is -0.381 e. The summed E-state index contributed by atoms with van der Waals surface area (Å²) in [5, 5.41) is 9.39. The fraction of sp³-hybridized carbons (Fsp3) is 0.833. The first-order chi connectivity index (χ1) is 4.65. The van der Waals surface area contributed by atoms with Crippen LogP contribution in [0.2, 0.25) is 0 Å². The van der Waals surface area contributed by atoms with E-state index in [9.17, 15) is 9.90 Å². The lowest BCUT2D eigenvalue weighted by Crippen LogP contribution is -2.47. The van der Waals surface area contributed by atoms with Crippen LogP contribution in [0, 0.1) is 0 Å². The molecule has 4 nitrogen and oxygen atoms in total. The van der Waals surface area contributed by atoms with E-state index in [2.05, 4.69) is 0 Å². The summed E-state index contributed by atoms with van der Waals surface area (Å²) in [6.07, 6.45) is 0.644. The number of hydrogen-bond donors (Lipinski definition) is 2. The Bertz CT molecular complexity index is 140. The number of carbonyl (C=O) groups is 1. The van der Waals surface area contributed by atoms with E-state index in [1.54, 1.807) is 0 Å². The predicted molar refractivity (Wildman–Crippen MR) is 34.2 cm³/mol. The largest absolute Gasteiger partial charge is 0.381 e. The molecule has 1 amide bonds. The van der Waals surface area contributed by atoms with Crippen LogP contribution >= 0.6 is 0 Å². The third kappa shape index (κ3) is 1.27. The number of hydrogen-bond acceptors (Lipinski definition) is 3. The Morgan fingerprint density at radius 1 is 1.50 bits per heavy atom. The Hall–Kier alpha value is -0.610. The molecule has 1 saturated heterocycles. The molecule has 10 heavy (non-hydrogen) atoms. The molecule has 0 saturated carbocycles.